The van der Waals surface area contributed by atoms with Gasteiger partial charge < -0.3 is 5.11 Å². The Hall–Kier alpha value is -1.12. The fraction of sp³-hybridized carbons (Fsp3) is 0.692. The third-order valence-electron chi connectivity index (χ3n) is 6.06. The van der Waals surface area contributed by atoms with Crippen LogP contribution in [0.2, 0.25) is 0 Å². The standard InChI is InChI=1S/C26H43NO/c1-20(2)17-23(27-15-13-26(8,28)14-16-27)19-25(6,7)22-11-9-21(10-12-22)18-24(3,4)5/h9-12,17,23,28H,13-16,18-19H2,1-8H3. The maximum absolute atomic E-state index is 10.3. The summed E-state index contributed by atoms with van der Waals surface area (Å²) in [6.07, 6.45) is 6.36. The van der Waals surface area contributed by atoms with Gasteiger partial charge in [0.25, 0.3) is 0 Å². The average molecular weight is 386 g/mol. The van der Waals surface area contributed by atoms with Gasteiger partial charge in [0.15, 0.2) is 0 Å². The van der Waals surface area contributed by atoms with E-state index in [2.05, 4.69) is 83.7 Å². The van der Waals surface area contributed by atoms with Gasteiger partial charge in [-0.05, 0) is 68.4 Å². The van der Waals surface area contributed by atoms with Gasteiger partial charge in [-0.15, -0.1) is 0 Å². The lowest BCUT2D eigenvalue weighted by Gasteiger charge is -2.42. The van der Waals surface area contributed by atoms with Crippen molar-refractivity contribution in [2.75, 3.05) is 13.1 Å². The van der Waals surface area contributed by atoms with Crippen molar-refractivity contribution < 1.29 is 5.11 Å². The maximum atomic E-state index is 10.3. The van der Waals surface area contributed by atoms with Crippen LogP contribution in [-0.4, -0.2) is 34.7 Å². The van der Waals surface area contributed by atoms with Crippen LogP contribution in [0.5, 0.6) is 0 Å². The van der Waals surface area contributed by atoms with Crippen LogP contribution in [0.25, 0.3) is 0 Å². The van der Waals surface area contributed by atoms with Gasteiger partial charge in [0.1, 0.15) is 0 Å². The molecule has 0 radical (unpaired) electrons. The van der Waals surface area contributed by atoms with E-state index in [1.165, 1.54) is 16.7 Å². The van der Waals surface area contributed by atoms with E-state index in [4.69, 9.17) is 0 Å². The minimum atomic E-state index is -0.496. The second kappa shape index (κ2) is 8.71. The van der Waals surface area contributed by atoms with E-state index in [0.29, 0.717) is 11.5 Å². The summed E-state index contributed by atoms with van der Waals surface area (Å²) in [7, 11) is 0. The molecule has 1 unspecified atom stereocenters. The Balaban J connectivity index is 2.14. The van der Waals surface area contributed by atoms with Crippen molar-refractivity contribution in [3.05, 3.63) is 47.0 Å². The van der Waals surface area contributed by atoms with Crippen LogP contribution in [0.3, 0.4) is 0 Å². The Labute approximate surface area is 174 Å². The Bertz CT molecular complexity index is 647. The van der Waals surface area contributed by atoms with Crippen LogP contribution in [0.1, 0.15) is 85.8 Å². The van der Waals surface area contributed by atoms with E-state index < -0.39 is 5.60 Å². The third-order valence-corrected chi connectivity index (χ3v) is 6.06. The number of rotatable bonds is 6. The van der Waals surface area contributed by atoms with Crippen molar-refractivity contribution in [3.8, 4) is 0 Å². The first-order valence-corrected chi connectivity index (χ1v) is 11.0. The van der Waals surface area contributed by atoms with E-state index in [9.17, 15) is 5.11 Å². The number of allylic oxidation sites excluding steroid dienone is 1. The molecular weight excluding hydrogens is 342 g/mol. The fourth-order valence-electron chi connectivity index (χ4n) is 4.34. The fourth-order valence-corrected chi connectivity index (χ4v) is 4.34. The van der Waals surface area contributed by atoms with Crippen LogP contribution >= 0.6 is 0 Å². The minimum Gasteiger partial charge on any atom is -0.390 e. The Morgan fingerprint density at radius 2 is 1.61 bits per heavy atom. The summed E-state index contributed by atoms with van der Waals surface area (Å²) in [6.45, 7) is 20.0. The van der Waals surface area contributed by atoms with Gasteiger partial charge in [-0.3, -0.25) is 4.90 Å². The molecule has 1 fully saturated rings. The highest BCUT2D eigenvalue weighted by atomic mass is 16.3. The summed E-state index contributed by atoms with van der Waals surface area (Å²) in [4.78, 5) is 2.57. The van der Waals surface area contributed by atoms with Crippen molar-refractivity contribution in [2.24, 2.45) is 5.41 Å². The van der Waals surface area contributed by atoms with Gasteiger partial charge >= 0.3 is 0 Å². The highest BCUT2D eigenvalue weighted by Gasteiger charge is 2.33. The molecule has 2 nitrogen and oxygen atoms in total. The highest BCUT2D eigenvalue weighted by molar-refractivity contribution is 5.29. The van der Waals surface area contributed by atoms with Crippen LogP contribution in [0.15, 0.2) is 35.9 Å². The topological polar surface area (TPSA) is 23.5 Å². The molecule has 0 aromatic heterocycles. The van der Waals surface area contributed by atoms with Crippen LogP contribution in [0, 0.1) is 5.41 Å². The first-order valence-electron chi connectivity index (χ1n) is 11.0. The largest absolute Gasteiger partial charge is 0.390 e. The minimum absolute atomic E-state index is 0.108. The number of hydrogen-bond acceptors (Lipinski definition) is 2. The van der Waals surface area contributed by atoms with Gasteiger partial charge in [-0.1, -0.05) is 70.5 Å². The molecule has 1 aromatic rings. The first-order chi connectivity index (χ1) is 12.8. The Morgan fingerprint density at radius 3 is 2.07 bits per heavy atom. The molecule has 1 aliphatic heterocycles. The molecule has 0 aliphatic carbocycles. The molecule has 28 heavy (non-hydrogen) atoms. The maximum Gasteiger partial charge on any atom is 0.0644 e. The van der Waals surface area contributed by atoms with Crippen LogP contribution in [-0.2, 0) is 11.8 Å². The number of piperidine rings is 1. The number of benzene rings is 1. The monoisotopic (exact) mass is 385 g/mol. The predicted molar refractivity (Wildman–Crippen MR) is 122 cm³/mol. The Kier molecular flexibility index (Phi) is 7.21. The Morgan fingerprint density at radius 1 is 1.07 bits per heavy atom. The summed E-state index contributed by atoms with van der Waals surface area (Å²) in [6, 6.07) is 9.72. The highest BCUT2D eigenvalue weighted by Crippen LogP contribution is 2.33. The van der Waals surface area contributed by atoms with Crippen molar-refractivity contribution in [3.63, 3.8) is 0 Å². The predicted octanol–water partition coefficient (Wildman–Crippen LogP) is 6.12. The van der Waals surface area contributed by atoms with Gasteiger partial charge in [0.05, 0.1) is 5.60 Å². The van der Waals surface area contributed by atoms with Gasteiger partial charge in [0.2, 0.25) is 0 Å². The second-order valence-corrected chi connectivity index (χ2v) is 11.4. The van der Waals surface area contributed by atoms with Gasteiger partial charge in [0, 0.05) is 19.1 Å². The number of hydrogen-bond donors (Lipinski definition) is 1. The summed E-state index contributed by atoms with van der Waals surface area (Å²) in [5.74, 6) is 0. The molecule has 0 bridgehead atoms. The van der Waals surface area contributed by atoms with Gasteiger partial charge in [-0.25, -0.2) is 0 Å². The molecule has 1 N–H and O–H groups in total. The van der Waals surface area contributed by atoms with Crippen LogP contribution in [0.4, 0.5) is 0 Å². The quantitative estimate of drug-likeness (QED) is 0.596. The summed E-state index contributed by atoms with van der Waals surface area (Å²) in [5, 5.41) is 10.3. The molecule has 2 heteroatoms. The molecule has 1 aliphatic rings. The second-order valence-electron chi connectivity index (χ2n) is 11.4. The first kappa shape index (κ1) is 23.2. The molecule has 2 rings (SSSR count). The third kappa shape index (κ3) is 7.04. The zero-order valence-electron chi connectivity index (χ0n) is 19.6. The number of likely N-dealkylation sites (tertiary alicyclic amines) is 1. The summed E-state index contributed by atoms with van der Waals surface area (Å²) in [5.41, 5.74) is 4.15. The lowest BCUT2D eigenvalue weighted by Crippen LogP contribution is -2.48. The summed E-state index contributed by atoms with van der Waals surface area (Å²) >= 11 is 0. The normalized spacial score (nSPS) is 19.3. The molecule has 0 saturated carbocycles. The molecule has 1 heterocycles. The van der Waals surface area contributed by atoms with E-state index >= 15 is 0 Å². The molecule has 1 atom stereocenters. The van der Waals surface area contributed by atoms with E-state index in [1.807, 2.05) is 6.92 Å². The molecule has 1 saturated heterocycles. The van der Waals surface area contributed by atoms with Crippen LogP contribution < -0.4 is 0 Å². The van der Waals surface area contributed by atoms with E-state index in [-0.39, 0.29) is 5.41 Å². The lowest BCUT2D eigenvalue weighted by molar-refractivity contribution is -0.0140. The average Bonchev–Trinajstić information content (AvgIpc) is 2.52. The molecule has 1 aromatic carbocycles. The summed E-state index contributed by atoms with van der Waals surface area (Å²) < 4.78 is 0. The number of nitrogens with zero attached hydrogens (tertiary/aromatic N) is 1. The van der Waals surface area contributed by atoms with E-state index in [1.54, 1.807) is 0 Å². The van der Waals surface area contributed by atoms with Crippen molar-refractivity contribution in [1.29, 1.82) is 0 Å². The number of aliphatic hydroxyl groups is 1. The molecule has 0 spiro atoms. The SMILES string of the molecule is CC(C)=CC(CC(C)(C)c1ccc(CC(C)(C)C)cc1)N1CCC(C)(O)CC1. The van der Waals surface area contributed by atoms with Crippen molar-refractivity contribution in [2.45, 2.75) is 98.1 Å². The lowest BCUT2D eigenvalue weighted by atomic mass is 9.77. The molecule has 0 amide bonds. The van der Waals surface area contributed by atoms with Crippen molar-refractivity contribution in [1.82, 2.24) is 4.90 Å². The zero-order valence-corrected chi connectivity index (χ0v) is 19.6. The smallest absolute Gasteiger partial charge is 0.0644 e. The van der Waals surface area contributed by atoms with Crippen molar-refractivity contribution >= 4 is 0 Å². The molecule has 158 valence electrons. The van der Waals surface area contributed by atoms with Gasteiger partial charge in [-0.2, -0.15) is 0 Å². The van der Waals surface area contributed by atoms with E-state index in [0.717, 1.165) is 38.8 Å². The molecular formula is C26H43NO. The zero-order chi connectivity index (χ0) is 21.2.